The quantitative estimate of drug-likeness (QED) is 0.543. The third kappa shape index (κ3) is 4.31. The number of aromatic amines is 2. The van der Waals surface area contributed by atoms with Crippen LogP contribution in [0.25, 0.3) is 11.3 Å². The fraction of sp³-hybridized carbons (Fsp3) is 0.286. The Labute approximate surface area is 169 Å². The first kappa shape index (κ1) is 20.2. The molecule has 29 heavy (non-hydrogen) atoms. The van der Waals surface area contributed by atoms with Gasteiger partial charge in [-0.1, -0.05) is 0 Å². The van der Waals surface area contributed by atoms with E-state index in [2.05, 4.69) is 39.2 Å². The van der Waals surface area contributed by atoms with Crippen LogP contribution in [0.1, 0.15) is 13.8 Å². The maximum absolute atomic E-state index is 12.2. The first-order valence-corrected chi connectivity index (χ1v) is 9.41. The molecule has 0 unspecified atom stereocenters. The number of nitrogens with zero attached hydrogens (tertiary/aromatic N) is 3. The van der Waals surface area contributed by atoms with E-state index in [9.17, 15) is 4.79 Å². The summed E-state index contributed by atoms with van der Waals surface area (Å²) in [5.74, 6) is 1.16. The molecule has 0 aliphatic carbocycles. The topological polar surface area (TPSA) is 95.1 Å². The number of hydrogen-bond donors (Lipinski definition) is 2. The van der Waals surface area contributed by atoms with Gasteiger partial charge in [0, 0.05) is 24.3 Å². The van der Waals surface area contributed by atoms with E-state index in [1.165, 1.54) is 0 Å². The number of methoxy groups -OCH3 is 2. The number of hydrogen-bond acceptors (Lipinski definition) is 6. The minimum atomic E-state index is -0.349. The number of H-pyrrole nitrogens is 2. The number of anilines is 1. The van der Waals surface area contributed by atoms with Gasteiger partial charge in [0.2, 0.25) is 0 Å². The molecule has 0 saturated carbocycles. The van der Waals surface area contributed by atoms with E-state index in [-0.39, 0.29) is 11.2 Å². The van der Waals surface area contributed by atoms with Gasteiger partial charge in [0.1, 0.15) is 0 Å². The molecule has 2 aromatic carbocycles. The third-order valence-electron chi connectivity index (χ3n) is 4.67. The summed E-state index contributed by atoms with van der Waals surface area (Å²) in [6.45, 7) is 6.10. The van der Waals surface area contributed by atoms with Gasteiger partial charge in [0.05, 0.1) is 25.6 Å². The highest BCUT2D eigenvalue weighted by molar-refractivity contribution is 5.73. The summed E-state index contributed by atoms with van der Waals surface area (Å²) in [6, 6.07) is 13.1. The number of ether oxygens (including phenoxy) is 2. The molecule has 0 radical (unpaired) electrons. The van der Waals surface area contributed by atoms with Gasteiger partial charge in [-0.3, -0.25) is 15.0 Å². The highest BCUT2D eigenvalue weighted by Gasteiger charge is 2.14. The van der Waals surface area contributed by atoms with Gasteiger partial charge in [0.15, 0.2) is 17.2 Å². The van der Waals surface area contributed by atoms with Crippen LogP contribution in [-0.4, -0.2) is 37.5 Å². The average molecular weight is 395 g/mol. The minimum Gasteiger partial charge on any atom is -0.493 e. The Balaban J connectivity index is 1.90. The molecule has 0 amide bonds. The molecule has 152 valence electrons. The normalized spacial score (nSPS) is 11.0. The summed E-state index contributed by atoms with van der Waals surface area (Å²) in [7, 11) is 3.13. The van der Waals surface area contributed by atoms with Crippen molar-refractivity contribution >= 4 is 17.1 Å². The Morgan fingerprint density at radius 2 is 1.59 bits per heavy atom. The van der Waals surface area contributed by atoms with E-state index in [1.807, 2.05) is 30.3 Å². The second kappa shape index (κ2) is 9.09. The van der Waals surface area contributed by atoms with E-state index in [1.54, 1.807) is 26.4 Å². The smallest absolute Gasteiger partial charge is 0.292 e. The molecule has 1 aromatic heterocycles. The first-order chi connectivity index (χ1) is 14.1. The van der Waals surface area contributed by atoms with Crippen molar-refractivity contribution in [2.75, 3.05) is 32.2 Å². The Kier molecular flexibility index (Phi) is 6.33. The highest BCUT2D eigenvalue weighted by Crippen LogP contribution is 2.34. The number of nitrogens with one attached hydrogen (secondary N) is 2. The second-order valence-electron chi connectivity index (χ2n) is 6.26. The third-order valence-corrected chi connectivity index (χ3v) is 4.67. The predicted molar refractivity (Wildman–Crippen MR) is 114 cm³/mol. The fourth-order valence-electron chi connectivity index (χ4n) is 3.07. The molecule has 0 aliphatic rings. The summed E-state index contributed by atoms with van der Waals surface area (Å²) >= 11 is 0. The van der Waals surface area contributed by atoms with Gasteiger partial charge in [-0.15, -0.1) is 5.11 Å². The molecule has 2 N–H and O–H groups in total. The minimum absolute atomic E-state index is 0.199. The second-order valence-corrected chi connectivity index (χ2v) is 6.26. The zero-order chi connectivity index (χ0) is 20.8. The van der Waals surface area contributed by atoms with Crippen LogP contribution in [0.2, 0.25) is 0 Å². The van der Waals surface area contributed by atoms with Crippen molar-refractivity contribution < 1.29 is 9.47 Å². The van der Waals surface area contributed by atoms with Crippen molar-refractivity contribution in [1.82, 2.24) is 10.2 Å². The van der Waals surface area contributed by atoms with Crippen LogP contribution >= 0.6 is 0 Å². The molecule has 0 atom stereocenters. The van der Waals surface area contributed by atoms with Crippen molar-refractivity contribution in [3.8, 4) is 22.8 Å². The van der Waals surface area contributed by atoms with Crippen LogP contribution in [0.15, 0.2) is 57.5 Å². The molecule has 3 aromatic rings. The lowest BCUT2D eigenvalue weighted by Gasteiger charge is -2.20. The van der Waals surface area contributed by atoms with Crippen molar-refractivity contribution in [3.63, 3.8) is 0 Å². The maximum atomic E-state index is 12.2. The first-order valence-electron chi connectivity index (χ1n) is 9.41. The van der Waals surface area contributed by atoms with Crippen LogP contribution in [0.5, 0.6) is 11.5 Å². The molecule has 0 aliphatic heterocycles. The number of rotatable bonds is 8. The van der Waals surface area contributed by atoms with Crippen LogP contribution < -0.4 is 19.9 Å². The monoisotopic (exact) mass is 395 g/mol. The lowest BCUT2D eigenvalue weighted by molar-refractivity contribution is 0.355. The average Bonchev–Trinajstić information content (AvgIpc) is 3.13. The Morgan fingerprint density at radius 3 is 2.21 bits per heavy atom. The molecule has 0 saturated heterocycles. The summed E-state index contributed by atoms with van der Waals surface area (Å²) in [6.07, 6.45) is 0. The Hall–Kier alpha value is -3.55. The summed E-state index contributed by atoms with van der Waals surface area (Å²) in [5, 5.41) is 13.8. The SMILES string of the molecule is CCN(CC)c1ccc(N=Nc2c(-c3ccc(OC)c(OC)c3)[nH][nH]c2=O)cc1. The van der Waals surface area contributed by atoms with Gasteiger partial charge >= 0.3 is 0 Å². The number of aromatic nitrogens is 2. The van der Waals surface area contributed by atoms with E-state index in [0.29, 0.717) is 22.9 Å². The maximum Gasteiger partial charge on any atom is 0.292 e. The van der Waals surface area contributed by atoms with Crippen molar-refractivity contribution in [1.29, 1.82) is 0 Å². The lowest BCUT2D eigenvalue weighted by Crippen LogP contribution is -2.21. The van der Waals surface area contributed by atoms with Crippen LogP contribution in [0.4, 0.5) is 17.1 Å². The standard InChI is InChI=1S/C21H25N5O3/c1-5-26(6-2)16-10-8-15(9-11-16)22-24-20-19(23-25-21(20)27)14-7-12-17(28-3)18(13-14)29-4/h7-13H,5-6H2,1-4H3,(H2,23,25,27). The summed E-state index contributed by atoms with van der Waals surface area (Å²) < 4.78 is 10.6. The Bertz CT molecular complexity index is 1030. The number of azo groups is 1. The van der Waals surface area contributed by atoms with E-state index < -0.39 is 0 Å². The fourth-order valence-corrected chi connectivity index (χ4v) is 3.07. The van der Waals surface area contributed by atoms with Gasteiger partial charge in [-0.05, 0) is 56.3 Å². The zero-order valence-electron chi connectivity index (χ0n) is 17.0. The van der Waals surface area contributed by atoms with Crippen LogP contribution in [-0.2, 0) is 0 Å². The van der Waals surface area contributed by atoms with Gasteiger partial charge in [0.25, 0.3) is 5.56 Å². The lowest BCUT2D eigenvalue weighted by atomic mass is 10.1. The summed E-state index contributed by atoms with van der Waals surface area (Å²) in [4.78, 5) is 14.5. The summed E-state index contributed by atoms with van der Waals surface area (Å²) in [5.41, 5.74) is 2.90. The van der Waals surface area contributed by atoms with Crippen LogP contribution in [0.3, 0.4) is 0 Å². The van der Waals surface area contributed by atoms with Crippen LogP contribution in [0, 0.1) is 0 Å². The highest BCUT2D eigenvalue weighted by atomic mass is 16.5. The van der Waals surface area contributed by atoms with E-state index >= 15 is 0 Å². The molecular weight excluding hydrogens is 370 g/mol. The van der Waals surface area contributed by atoms with Crippen molar-refractivity contribution in [3.05, 3.63) is 52.8 Å². The molecule has 1 heterocycles. The molecule has 3 rings (SSSR count). The largest absolute Gasteiger partial charge is 0.493 e. The van der Waals surface area contributed by atoms with Gasteiger partial charge < -0.3 is 14.4 Å². The van der Waals surface area contributed by atoms with E-state index in [4.69, 9.17) is 9.47 Å². The molecule has 8 heteroatoms. The van der Waals surface area contributed by atoms with Gasteiger partial charge in [-0.2, -0.15) is 5.11 Å². The molecular formula is C21H25N5O3. The number of benzene rings is 2. The zero-order valence-corrected chi connectivity index (χ0v) is 17.0. The van der Waals surface area contributed by atoms with E-state index in [0.717, 1.165) is 24.3 Å². The molecule has 0 fully saturated rings. The molecule has 0 spiro atoms. The molecule has 8 nitrogen and oxygen atoms in total. The molecule has 0 bridgehead atoms. The van der Waals surface area contributed by atoms with Crippen molar-refractivity contribution in [2.45, 2.75) is 13.8 Å². The predicted octanol–water partition coefficient (Wildman–Crippen LogP) is 4.65. The van der Waals surface area contributed by atoms with Gasteiger partial charge in [-0.25, -0.2) is 0 Å². The van der Waals surface area contributed by atoms with Crippen molar-refractivity contribution in [2.24, 2.45) is 10.2 Å². The Morgan fingerprint density at radius 1 is 0.897 bits per heavy atom.